The minimum absolute atomic E-state index is 0.141. The maximum absolute atomic E-state index is 12.2. The fraction of sp³-hybridized carbons (Fsp3) is 0.400. The molecule has 0 fully saturated rings. The van der Waals surface area contributed by atoms with Gasteiger partial charge in [-0.05, 0) is 50.8 Å². The summed E-state index contributed by atoms with van der Waals surface area (Å²) in [6.07, 6.45) is 2.49. The van der Waals surface area contributed by atoms with E-state index in [4.69, 9.17) is 16.1 Å². The molecule has 1 aromatic heterocycles. The van der Waals surface area contributed by atoms with Gasteiger partial charge in [-0.15, -0.1) is 0 Å². The molecule has 0 amide bonds. The number of nitrogens with zero attached hydrogens (tertiary/aromatic N) is 1. The molecule has 22 heavy (non-hydrogen) atoms. The number of rotatable bonds is 7. The number of hydrogen-bond acceptors (Lipinski definition) is 4. The van der Waals surface area contributed by atoms with Gasteiger partial charge in [-0.25, -0.2) is 13.1 Å². The molecule has 5 nitrogen and oxygen atoms in total. The molecule has 2 rings (SSSR count). The minimum Gasteiger partial charge on any atom is -0.360 e. The van der Waals surface area contributed by atoms with Crippen molar-refractivity contribution in [2.45, 2.75) is 38.0 Å². The van der Waals surface area contributed by atoms with Gasteiger partial charge in [-0.2, -0.15) is 0 Å². The summed E-state index contributed by atoms with van der Waals surface area (Å²) in [4.78, 5) is 0.141. The molecular weight excluding hydrogens is 324 g/mol. The molecule has 1 heterocycles. The highest BCUT2D eigenvalue weighted by Crippen LogP contribution is 2.18. The Bertz CT molecular complexity index is 721. The number of halogens is 1. The van der Waals surface area contributed by atoms with Crippen molar-refractivity contribution in [2.75, 3.05) is 6.54 Å². The van der Waals surface area contributed by atoms with Crippen LogP contribution in [0.25, 0.3) is 0 Å². The van der Waals surface area contributed by atoms with E-state index in [1.165, 1.54) is 0 Å². The molecule has 0 unspecified atom stereocenters. The highest BCUT2D eigenvalue weighted by molar-refractivity contribution is 7.89. The van der Waals surface area contributed by atoms with Gasteiger partial charge >= 0.3 is 0 Å². The summed E-state index contributed by atoms with van der Waals surface area (Å²) < 4.78 is 31.9. The summed E-state index contributed by atoms with van der Waals surface area (Å²) in [5.74, 6) is 0.309. The van der Waals surface area contributed by atoms with E-state index in [0.717, 1.165) is 29.8 Å². The zero-order chi connectivity index (χ0) is 16.2. The van der Waals surface area contributed by atoms with Gasteiger partial charge in [0.15, 0.2) is 5.76 Å². The first kappa shape index (κ1) is 17.0. The van der Waals surface area contributed by atoms with E-state index >= 15 is 0 Å². The van der Waals surface area contributed by atoms with Crippen LogP contribution >= 0.6 is 11.6 Å². The van der Waals surface area contributed by atoms with E-state index in [-0.39, 0.29) is 4.90 Å². The molecule has 120 valence electrons. The van der Waals surface area contributed by atoms with Crippen LogP contribution in [0.1, 0.15) is 29.9 Å². The molecule has 0 aliphatic heterocycles. The lowest BCUT2D eigenvalue weighted by atomic mass is 10.1. The Hall–Kier alpha value is -1.37. The summed E-state index contributed by atoms with van der Waals surface area (Å²) in [5, 5.41) is 4.39. The molecule has 1 N–H and O–H groups in total. The predicted octanol–water partition coefficient (Wildman–Crippen LogP) is 3.25. The lowest BCUT2D eigenvalue weighted by Crippen LogP contribution is -2.25. The third-order valence-corrected chi connectivity index (χ3v) is 5.25. The minimum atomic E-state index is -3.56. The van der Waals surface area contributed by atoms with Crippen LogP contribution in [0.15, 0.2) is 33.7 Å². The maximum Gasteiger partial charge on any atom is 0.245 e. The number of aryl methyl sites for hydroxylation is 3. The van der Waals surface area contributed by atoms with Gasteiger partial charge in [0.05, 0.1) is 0 Å². The first-order valence-corrected chi connectivity index (χ1v) is 8.93. The zero-order valence-electron chi connectivity index (χ0n) is 12.6. The molecule has 0 bridgehead atoms. The SMILES string of the molecule is Cc1noc(C)c1S(=O)(=O)NCCCCc1cccc(Cl)c1. The van der Waals surface area contributed by atoms with Gasteiger partial charge in [0.25, 0.3) is 0 Å². The molecule has 0 radical (unpaired) electrons. The topological polar surface area (TPSA) is 72.2 Å². The summed E-state index contributed by atoms with van der Waals surface area (Å²) in [6.45, 7) is 3.59. The van der Waals surface area contributed by atoms with E-state index in [1.54, 1.807) is 13.8 Å². The number of aromatic nitrogens is 1. The second-order valence-electron chi connectivity index (χ2n) is 5.14. The van der Waals surface area contributed by atoms with Crippen molar-refractivity contribution in [3.05, 3.63) is 46.3 Å². The Morgan fingerprint density at radius 1 is 1.27 bits per heavy atom. The number of nitrogens with one attached hydrogen (secondary N) is 1. The van der Waals surface area contributed by atoms with Crippen LogP contribution in [-0.4, -0.2) is 20.1 Å². The number of hydrogen-bond donors (Lipinski definition) is 1. The van der Waals surface area contributed by atoms with Crippen molar-refractivity contribution >= 4 is 21.6 Å². The first-order valence-electron chi connectivity index (χ1n) is 7.07. The van der Waals surface area contributed by atoms with E-state index in [9.17, 15) is 8.42 Å². The van der Waals surface area contributed by atoms with Crippen molar-refractivity contribution in [3.8, 4) is 0 Å². The van der Waals surface area contributed by atoms with Crippen LogP contribution in [0, 0.1) is 13.8 Å². The van der Waals surface area contributed by atoms with Crippen LogP contribution in [0.4, 0.5) is 0 Å². The van der Waals surface area contributed by atoms with Crippen molar-refractivity contribution in [3.63, 3.8) is 0 Å². The molecule has 2 aromatic rings. The van der Waals surface area contributed by atoms with Crippen molar-refractivity contribution < 1.29 is 12.9 Å². The average Bonchev–Trinajstić information content (AvgIpc) is 2.78. The summed E-state index contributed by atoms with van der Waals surface area (Å²) in [6, 6.07) is 7.69. The van der Waals surface area contributed by atoms with Crippen LogP contribution in [-0.2, 0) is 16.4 Å². The normalized spacial score (nSPS) is 11.8. The molecule has 0 saturated heterocycles. The fourth-order valence-electron chi connectivity index (χ4n) is 2.28. The summed E-state index contributed by atoms with van der Waals surface area (Å²) in [5.41, 5.74) is 1.53. The monoisotopic (exact) mass is 342 g/mol. The van der Waals surface area contributed by atoms with Crippen molar-refractivity contribution in [1.29, 1.82) is 0 Å². The number of sulfonamides is 1. The van der Waals surface area contributed by atoms with Crippen molar-refractivity contribution in [1.82, 2.24) is 9.88 Å². The summed E-state index contributed by atoms with van der Waals surface area (Å²) in [7, 11) is -3.56. The molecule has 7 heteroatoms. The van der Waals surface area contributed by atoms with E-state index in [0.29, 0.717) is 18.0 Å². The van der Waals surface area contributed by atoms with Crippen LogP contribution in [0.2, 0.25) is 5.02 Å². The molecule has 0 saturated carbocycles. The maximum atomic E-state index is 12.2. The quantitative estimate of drug-likeness (QED) is 0.784. The Morgan fingerprint density at radius 2 is 2.05 bits per heavy atom. The lowest BCUT2D eigenvalue weighted by Gasteiger charge is -2.06. The largest absolute Gasteiger partial charge is 0.360 e. The highest BCUT2D eigenvalue weighted by atomic mass is 35.5. The standard InChI is InChI=1S/C15H19ClN2O3S/c1-11-15(12(2)21-18-11)22(19,20)17-9-4-3-6-13-7-5-8-14(16)10-13/h5,7-8,10,17H,3-4,6,9H2,1-2H3. The molecule has 0 aliphatic rings. The summed E-state index contributed by atoms with van der Waals surface area (Å²) >= 11 is 5.92. The average molecular weight is 343 g/mol. The molecule has 0 spiro atoms. The van der Waals surface area contributed by atoms with Gasteiger partial charge in [0.2, 0.25) is 10.0 Å². The van der Waals surface area contributed by atoms with Gasteiger partial charge in [-0.1, -0.05) is 28.9 Å². The Kier molecular flexibility index (Phi) is 5.61. The first-order chi connectivity index (χ1) is 10.4. The Morgan fingerprint density at radius 3 is 2.68 bits per heavy atom. The molecule has 1 aromatic carbocycles. The smallest absolute Gasteiger partial charge is 0.245 e. The lowest BCUT2D eigenvalue weighted by molar-refractivity contribution is 0.390. The fourth-order valence-corrected chi connectivity index (χ4v) is 3.90. The Balaban J connectivity index is 1.81. The van der Waals surface area contributed by atoms with Crippen LogP contribution in [0.5, 0.6) is 0 Å². The van der Waals surface area contributed by atoms with Gasteiger partial charge in [0.1, 0.15) is 10.6 Å². The van der Waals surface area contributed by atoms with Gasteiger partial charge in [0, 0.05) is 11.6 Å². The second kappa shape index (κ2) is 7.26. The Labute approximate surface area is 135 Å². The predicted molar refractivity (Wildman–Crippen MR) is 85.6 cm³/mol. The van der Waals surface area contributed by atoms with Crippen LogP contribution in [0.3, 0.4) is 0 Å². The number of unbranched alkanes of at least 4 members (excludes halogenated alkanes) is 1. The molecular formula is C15H19ClN2O3S. The number of benzene rings is 1. The van der Waals surface area contributed by atoms with E-state index in [2.05, 4.69) is 9.88 Å². The molecule has 0 atom stereocenters. The van der Waals surface area contributed by atoms with E-state index < -0.39 is 10.0 Å². The van der Waals surface area contributed by atoms with Crippen molar-refractivity contribution in [2.24, 2.45) is 0 Å². The highest BCUT2D eigenvalue weighted by Gasteiger charge is 2.23. The molecule has 0 aliphatic carbocycles. The van der Waals surface area contributed by atoms with Gasteiger partial charge < -0.3 is 4.52 Å². The zero-order valence-corrected chi connectivity index (χ0v) is 14.2. The third kappa shape index (κ3) is 4.32. The van der Waals surface area contributed by atoms with Gasteiger partial charge in [-0.3, -0.25) is 0 Å². The second-order valence-corrected chi connectivity index (χ2v) is 7.28. The third-order valence-electron chi connectivity index (χ3n) is 3.31. The van der Waals surface area contributed by atoms with E-state index in [1.807, 2.05) is 24.3 Å². The van der Waals surface area contributed by atoms with Crippen LogP contribution < -0.4 is 4.72 Å².